The van der Waals surface area contributed by atoms with Gasteiger partial charge in [0.05, 0.1) is 5.69 Å². The average molecular weight is 350 g/mol. The van der Waals surface area contributed by atoms with E-state index in [1.165, 1.54) is 0 Å². The molecule has 5 nitrogen and oxygen atoms in total. The Bertz CT molecular complexity index is 565. The minimum atomic E-state index is -0.0546. The molecule has 1 saturated heterocycles. The number of amides is 3. The lowest BCUT2D eigenvalue weighted by Gasteiger charge is -2.33. The van der Waals surface area contributed by atoms with Crippen molar-refractivity contribution in [2.24, 2.45) is 5.92 Å². The molecule has 1 atom stereocenters. The number of para-hydroxylation sites is 1. The van der Waals surface area contributed by atoms with Crippen LogP contribution in [0.25, 0.3) is 0 Å². The van der Waals surface area contributed by atoms with Gasteiger partial charge < -0.3 is 15.5 Å². The van der Waals surface area contributed by atoms with Crippen molar-refractivity contribution in [2.45, 2.75) is 37.5 Å². The third kappa shape index (κ3) is 5.44. The minimum Gasteiger partial charge on any atom is -0.356 e. The first-order valence-corrected chi connectivity index (χ1v) is 9.82. The van der Waals surface area contributed by atoms with Crippen molar-refractivity contribution in [3.05, 3.63) is 24.3 Å². The third-order valence-electron chi connectivity index (χ3n) is 4.22. The molecular weight excluding hydrogens is 322 g/mol. The Morgan fingerprint density at radius 3 is 2.88 bits per heavy atom. The van der Waals surface area contributed by atoms with Gasteiger partial charge in [-0.25, -0.2) is 4.79 Å². The summed E-state index contributed by atoms with van der Waals surface area (Å²) in [5.74, 6) is 0.439. The first kappa shape index (κ1) is 18.6. The van der Waals surface area contributed by atoms with Gasteiger partial charge in [-0.1, -0.05) is 19.1 Å². The van der Waals surface area contributed by atoms with Gasteiger partial charge in [0, 0.05) is 31.0 Å². The number of benzene rings is 1. The maximum atomic E-state index is 12.5. The average Bonchev–Trinajstić information content (AvgIpc) is 2.61. The molecule has 6 heteroatoms. The second-order valence-electron chi connectivity index (χ2n) is 6.14. The summed E-state index contributed by atoms with van der Waals surface area (Å²) < 4.78 is 0. The Labute approximate surface area is 148 Å². The van der Waals surface area contributed by atoms with Crippen molar-refractivity contribution in [2.75, 3.05) is 31.2 Å². The number of thioether (sulfide) groups is 1. The lowest BCUT2D eigenvalue weighted by Crippen LogP contribution is -2.45. The van der Waals surface area contributed by atoms with Crippen molar-refractivity contribution < 1.29 is 9.59 Å². The van der Waals surface area contributed by atoms with E-state index in [0.29, 0.717) is 25.4 Å². The monoisotopic (exact) mass is 349 g/mol. The number of urea groups is 1. The third-order valence-corrected chi connectivity index (χ3v) is 5.02. The van der Waals surface area contributed by atoms with Crippen LogP contribution < -0.4 is 10.6 Å². The van der Waals surface area contributed by atoms with Crippen LogP contribution in [0, 0.1) is 5.92 Å². The summed E-state index contributed by atoms with van der Waals surface area (Å²) >= 11 is 1.62. The van der Waals surface area contributed by atoms with Gasteiger partial charge in [0.2, 0.25) is 5.91 Å². The zero-order valence-corrected chi connectivity index (χ0v) is 15.3. The molecule has 2 rings (SSSR count). The molecule has 0 bridgehead atoms. The topological polar surface area (TPSA) is 61.4 Å². The summed E-state index contributed by atoms with van der Waals surface area (Å²) in [6.07, 6.45) is 5.46. The fraction of sp³-hybridized carbons (Fsp3) is 0.556. The molecule has 2 N–H and O–H groups in total. The number of rotatable bonds is 6. The second-order valence-corrected chi connectivity index (χ2v) is 6.99. The highest BCUT2D eigenvalue weighted by atomic mass is 32.2. The van der Waals surface area contributed by atoms with E-state index < -0.39 is 0 Å². The van der Waals surface area contributed by atoms with E-state index in [2.05, 4.69) is 10.6 Å². The molecule has 1 fully saturated rings. The smallest absolute Gasteiger partial charge is 0.321 e. The highest BCUT2D eigenvalue weighted by Crippen LogP contribution is 2.25. The van der Waals surface area contributed by atoms with Gasteiger partial charge in [-0.2, -0.15) is 0 Å². The molecule has 24 heavy (non-hydrogen) atoms. The van der Waals surface area contributed by atoms with Crippen LogP contribution in [-0.2, 0) is 4.79 Å². The summed E-state index contributed by atoms with van der Waals surface area (Å²) in [6.45, 7) is 4.12. The summed E-state index contributed by atoms with van der Waals surface area (Å²) in [6, 6.07) is 7.77. The molecule has 132 valence electrons. The summed E-state index contributed by atoms with van der Waals surface area (Å²) in [5, 5.41) is 6.00. The summed E-state index contributed by atoms with van der Waals surface area (Å²) in [7, 11) is 0. The SMILES string of the molecule is CCCC(=O)NCC1CCCN(C(=O)Nc2ccccc2SC)C1. The largest absolute Gasteiger partial charge is 0.356 e. The number of hydrogen-bond acceptors (Lipinski definition) is 3. The molecule has 1 heterocycles. The van der Waals surface area contributed by atoms with Crippen LogP contribution in [0.15, 0.2) is 29.2 Å². The zero-order chi connectivity index (χ0) is 17.4. The molecule has 0 radical (unpaired) electrons. The van der Waals surface area contributed by atoms with E-state index in [1.807, 2.05) is 42.3 Å². The van der Waals surface area contributed by atoms with Crippen molar-refractivity contribution >= 4 is 29.4 Å². The van der Waals surface area contributed by atoms with E-state index >= 15 is 0 Å². The molecule has 1 aromatic carbocycles. The molecule has 1 aliphatic heterocycles. The van der Waals surface area contributed by atoms with Crippen LogP contribution in [0.2, 0.25) is 0 Å². The van der Waals surface area contributed by atoms with Gasteiger partial charge in [0.25, 0.3) is 0 Å². The molecule has 1 unspecified atom stereocenters. The maximum Gasteiger partial charge on any atom is 0.321 e. The normalized spacial score (nSPS) is 17.4. The molecule has 1 aromatic rings. The van der Waals surface area contributed by atoms with Gasteiger partial charge >= 0.3 is 6.03 Å². The Balaban J connectivity index is 1.87. The predicted molar refractivity (Wildman–Crippen MR) is 99.5 cm³/mol. The van der Waals surface area contributed by atoms with E-state index in [1.54, 1.807) is 11.8 Å². The summed E-state index contributed by atoms with van der Waals surface area (Å²) in [5.41, 5.74) is 0.855. The van der Waals surface area contributed by atoms with E-state index in [9.17, 15) is 9.59 Å². The van der Waals surface area contributed by atoms with E-state index in [0.717, 1.165) is 36.4 Å². The van der Waals surface area contributed by atoms with Gasteiger partial charge in [-0.15, -0.1) is 11.8 Å². The Kier molecular flexibility index (Phi) is 7.43. The number of nitrogens with zero attached hydrogens (tertiary/aromatic N) is 1. The number of anilines is 1. The van der Waals surface area contributed by atoms with Crippen molar-refractivity contribution in [3.63, 3.8) is 0 Å². The Morgan fingerprint density at radius 1 is 1.33 bits per heavy atom. The molecule has 0 spiro atoms. The molecule has 1 aliphatic rings. The molecule has 0 aliphatic carbocycles. The fourth-order valence-corrected chi connectivity index (χ4v) is 3.49. The highest BCUT2D eigenvalue weighted by molar-refractivity contribution is 7.98. The molecule has 0 saturated carbocycles. The van der Waals surface area contributed by atoms with Crippen LogP contribution in [-0.4, -0.2) is 42.7 Å². The number of hydrogen-bond donors (Lipinski definition) is 2. The first-order valence-electron chi connectivity index (χ1n) is 8.59. The van der Waals surface area contributed by atoms with Crippen molar-refractivity contribution in [1.29, 1.82) is 0 Å². The van der Waals surface area contributed by atoms with Gasteiger partial charge in [-0.3, -0.25) is 4.79 Å². The molecular formula is C18H27N3O2S. The highest BCUT2D eigenvalue weighted by Gasteiger charge is 2.24. The summed E-state index contributed by atoms with van der Waals surface area (Å²) in [4.78, 5) is 27.1. The minimum absolute atomic E-state index is 0.0546. The van der Waals surface area contributed by atoms with E-state index in [-0.39, 0.29) is 11.9 Å². The van der Waals surface area contributed by atoms with Crippen LogP contribution >= 0.6 is 11.8 Å². The van der Waals surface area contributed by atoms with Gasteiger partial charge in [0.15, 0.2) is 0 Å². The number of nitrogens with one attached hydrogen (secondary N) is 2. The van der Waals surface area contributed by atoms with Crippen molar-refractivity contribution in [1.82, 2.24) is 10.2 Å². The number of piperidine rings is 1. The predicted octanol–water partition coefficient (Wildman–Crippen LogP) is 3.57. The van der Waals surface area contributed by atoms with Gasteiger partial charge in [0.1, 0.15) is 0 Å². The Morgan fingerprint density at radius 2 is 2.12 bits per heavy atom. The van der Waals surface area contributed by atoms with Gasteiger partial charge in [-0.05, 0) is 43.6 Å². The van der Waals surface area contributed by atoms with Crippen LogP contribution in [0.3, 0.4) is 0 Å². The van der Waals surface area contributed by atoms with Crippen molar-refractivity contribution in [3.8, 4) is 0 Å². The Hall–Kier alpha value is -1.69. The second kappa shape index (κ2) is 9.57. The lowest BCUT2D eigenvalue weighted by molar-refractivity contribution is -0.121. The molecule has 0 aromatic heterocycles. The standard InChI is InChI=1S/C18H27N3O2S/c1-3-7-17(22)19-12-14-8-6-11-21(13-14)18(23)20-15-9-4-5-10-16(15)24-2/h4-5,9-10,14H,3,6-8,11-13H2,1-2H3,(H,19,22)(H,20,23). The lowest BCUT2D eigenvalue weighted by atomic mass is 9.98. The van der Waals surface area contributed by atoms with Crippen LogP contribution in [0.4, 0.5) is 10.5 Å². The van der Waals surface area contributed by atoms with Crippen LogP contribution in [0.1, 0.15) is 32.6 Å². The van der Waals surface area contributed by atoms with Crippen LogP contribution in [0.5, 0.6) is 0 Å². The quantitative estimate of drug-likeness (QED) is 0.772. The van der Waals surface area contributed by atoms with E-state index in [4.69, 9.17) is 0 Å². The number of carbonyl (C=O) groups is 2. The maximum absolute atomic E-state index is 12.5. The first-order chi connectivity index (χ1) is 11.6. The number of carbonyl (C=O) groups excluding carboxylic acids is 2. The zero-order valence-electron chi connectivity index (χ0n) is 14.5. The number of likely N-dealkylation sites (tertiary alicyclic amines) is 1. The molecule has 3 amide bonds. The fourth-order valence-electron chi connectivity index (χ4n) is 2.93.